The molecule has 1 aliphatic rings. The third-order valence-corrected chi connectivity index (χ3v) is 7.10. The van der Waals surface area contributed by atoms with Crippen molar-refractivity contribution in [3.05, 3.63) is 59.7 Å². The van der Waals surface area contributed by atoms with Gasteiger partial charge >= 0.3 is 5.97 Å². The predicted octanol–water partition coefficient (Wildman–Crippen LogP) is 5.70. The number of rotatable bonds is 15. The monoisotopic (exact) mass is 472 g/mol. The zero-order valence-electron chi connectivity index (χ0n) is 21.1. The van der Waals surface area contributed by atoms with Crippen LogP contribution in [0.2, 0.25) is 0 Å². The van der Waals surface area contributed by atoms with E-state index in [1.807, 2.05) is 0 Å². The second-order valence-corrected chi connectivity index (χ2v) is 9.76. The van der Waals surface area contributed by atoms with Crippen LogP contribution in [-0.2, 0) is 20.7 Å². The summed E-state index contributed by atoms with van der Waals surface area (Å²) in [7, 11) is 0. The number of aliphatic hydroxyl groups excluding tert-OH is 2. The topological polar surface area (TPSA) is 76.0 Å². The van der Waals surface area contributed by atoms with Crippen molar-refractivity contribution in [3.63, 3.8) is 0 Å². The average molecular weight is 473 g/mol. The van der Waals surface area contributed by atoms with Crippen LogP contribution in [-0.4, -0.2) is 42.3 Å². The summed E-state index contributed by atoms with van der Waals surface area (Å²) in [6.07, 6.45) is 8.79. The van der Waals surface area contributed by atoms with Gasteiger partial charge in [-0.05, 0) is 92.7 Å². The third kappa shape index (κ3) is 9.36. The minimum atomic E-state index is -0.942. The molecule has 1 aromatic carbocycles. The Labute approximate surface area is 205 Å². The second kappa shape index (κ2) is 15.1. The highest BCUT2D eigenvalue weighted by molar-refractivity contribution is 5.87. The standard InChI is InChI=1S/C29H44O5/c1-5-6-7-23-8-10-24(11-9-23)25-12-14-26(15-13-25)27(16-18-33-28(31)21(2)3)17-19-34-29(32)22(4)20-30/h8-11,25-28,30-31H,2,4-7,12-20H2,1,3H3. The molecule has 2 N–H and O–H groups in total. The van der Waals surface area contributed by atoms with Crippen LogP contribution >= 0.6 is 0 Å². The van der Waals surface area contributed by atoms with Gasteiger partial charge in [0.05, 0.1) is 25.4 Å². The van der Waals surface area contributed by atoms with E-state index in [1.54, 1.807) is 6.92 Å². The summed E-state index contributed by atoms with van der Waals surface area (Å²) in [6, 6.07) is 9.21. The van der Waals surface area contributed by atoms with Crippen LogP contribution in [0.4, 0.5) is 0 Å². The number of hydrogen-bond acceptors (Lipinski definition) is 5. The molecule has 5 nitrogen and oxygen atoms in total. The number of aryl methyl sites for hydroxylation is 1. The minimum Gasteiger partial charge on any atom is -0.462 e. The summed E-state index contributed by atoms with van der Waals surface area (Å²) in [5.41, 5.74) is 3.54. The van der Waals surface area contributed by atoms with Gasteiger partial charge in [-0.2, -0.15) is 0 Å². The quantitative estimate of drug-likeness (QED) is 0.148. The van der Waals surface area contributed by atoms with Crippen molar-refractivity contribution in [2.24, 2.45) is 11.8 Å². The summed E-state index contributed by atoms with van der Waals surface area (Å²) in [6.45, 7) is 11.6. The Balaban J connectivity index is 1.90. The first kappa shape index (κ1) is 28.3. The fraction of sp³-hybridized carbons (Fsp3) is 0.621. The lowest BCUT2D eigenvalue weighted by Crippen LogP contribution is -2.25. The molecule has 0 radical (unpaired) electrons. The van der Waals surface area contributed by atoms with E-state index in [0.29, 0.717) is 36.5 Å². The Morgan fingerprint density at radius 2 is 1.74 bits per heavy atom. The van der Waals surface area contributed by atoms with Crippen molar-refractivity contribution < 1.29 is 24.5 Å². The van der Waals surface area contributed by atoms with Crippen molar-refractivity contribution >= 4 is 5.97 Å². The molecular formula is C29H44O5. The van der Waals surface area contributed by atoms with Gasteiger partial charge in [0, 0.05) is 0 Å². The first-order chi connectivity index (χ1) is 16.3. The Morgan fingerprint density at radius 1 is 1.09 bits per heavy atom. The smallest absolute Gasteiger partial charge is 0.335 e. The highest BCUT2D eigenvalue weighted by atomic mass is 16.6. The lowest BCUT2D eigenvalue weighted by atomic mass is 9.72. The Morgan fingerprint density at radius 3 is 2.32 bits per heavy atom. The van der Waals surface area contributed by atoms with Crippen LogP contribution in [0.15, 0.2) is 48.6 Å². The van der Waals surface area contributed by atoms with Crippen molar-refractivity contribution in [1.82, 2.24) is 0 Å². The maximum absolute atomic E-state index is 11.8. The summed E-state index contributed by atoms with van der Waals surface area (Å²) < 4.78 is 10.8. The molecule has 0 saturated heterocycles. The molecule has 1 aliphatic carbocycles. The van der Waals surface area contributed by atoms with Gasteiger partial charge in [0.1, 0.15) is 0 Å². The maximum Gasteiger partial charge on any atom is 0.335 e. The summed E-state index contributed by atoms with van der Waals surface area (Å²) in [5, 5.41) is 18.9. The molecular weight excluding hydrogens is 428 g/mol. The van der Waals surface area contributed by atoms with Crippen molar-refractivity contribution in [3.8, 4) is 0 Å². The average Bonchev–Trinajstić information content (AvgIpc) is 2.86. The Kier molecular flexibility index (Phi) is 12.6. The molecule has 1 fully saturated rings. The Hall–Kier alpha value is -1.95. The van der Waals surface area contributed by atoms with Crippen LogP contribution in [0, 0.1) is 11.8 Å². The molecule has 0 heterocycles. The second-order valence-electron chi connectivity index (χ2n) is 9.76. The highest BCUT2D eigenvalue weighted by Gasteiger charge is 2.28. The van der Waals surface area contributed by atoms with E-state index in [-0.39, 0.29) is 5.57 Å². The molecule has 1 saturated carbocycles. The molecule has 1 aromatic rings. The van der Waals surface area contributed by atoms with E-state index in [1.165, 1.54) is 24.0 Å². The number of aliphatic hydroxyl groups is 2. The van der Waals surface area contributed by atoms with E-state index in [4.69, 9.17) is 14.6 Å². The van der Waals surface area contributed by atoms with Gasteiger partial charge in [-0.3, -0.25) is 0 Å². The first-order valence-electron chi connectivity index (χ1n) is 12.8. The van der Waals surface area contributed by atoms with Gasteiger partial charge in [-0.25, -0.2) is 4.79 Å². The zero-order valence-corrected chi connectivity index (χ0v) is 21.1. The number of hydrogen-bond donors (Lipinski definition) is 2. The SMILES string of the molecule is C=C(CO)C(=O)OCCC(CCOC(O)C(=C)C)C1CCC(c2ccc(CCCC)cc2)CC1. The van der Waals surface area contributed by atoms with Gasteiger partial charge in [0.2, 0.25) is 0 Å². The molecule has 5 heteroatoms. The third-order valence-electron chi connectivity index (χ3n) is 7.10. The molecule has 2 rings (SSSR count). The van der Waals surface area contributed by atoms with Crippen LogP contribution in [0.25, 0.3) is 0 Å². The lowest BCUT2D eigenvalue weighted by Gasteiger charge is -2.34. The zero-order chi connectivity index (χ0) is 24.9. The molecule has 2 atom stereocenters. The molecule has 0 bridgehead atoms. The van der Waals surface area contributed by atoms with E-state index in [9.17, 15) is 9.90 Å². The molecule has 0 spiro atoms. The first-order valence-corrected chi connectivity index (χ1v) is 12.8. The minimum absolute atomic E-state index is 0.0747. The number of carbonyl (C=O) groups excluding carboxylic acids is 1. The summed E-state index contributed by atoms with van der Waals surface area (Å²) in [5.74, 6) is 0.931. The van der Waals surface area contributed by atoms with Crippen LogP contribution < -0.4 is 0 Å². The van der Waals surface area contributed by atoms with Crippen LogP contribution in [0.3, 0.4) is 0 Å². The van der Waals surface area contributed by atoms with E-state index in [0.717, 1.165) is 44.9 Å². The number of unbranched alkanes of at least 4 members (excludes halogenated alkanes) is 1. The van der Waals surface area contributed by atoms with Crippen molar-refractivity contribution in [2.45, 2.75) is 83.8 Å². The van der Waals surface area contributed by atoms with Gasteiger partial charge in [-0.1, -0.05) is 50.8 Å². The summed E-state index contributed by atoms with van der Waals surface area (Å²) in [4.78, 5) is 11.8. The highest BCUT2D eigenvalue weighted by Crippen LogP contribution is 2.40. The molecule has 190 valence electrons. The number of ether oxygens (including phenoxy) is 2. The van der Waals surface area contributed by atoms with Gasteiger partial charge in [0.15, 0.2) is 6.29 Å². The number of esters is 1. The van der Waals surface area contributed by atoms with Gasteiger partial charge in [0.25, 0.3) is 0 Å². The molecule has 0 aromatic heterocycles. The van der Waals surface area contributed by atoms with E-state index >= 15 is 0 Å². The van der Waals surface area contributed by atoms with E-state index < -0.39 is 18.9 Å². The predicted molar refractivity (Wildman–Crippen MR) is 136 cm³/mol. The largest absolute Gasteiger partial charge is 0.462 e. The lowest BCUT2D eigenvalue weighted by molar-refractivity contribution is -0.140. The number of carbonyl (C=O) groups is 1. The number of benzene rings is 1. The molecule has 2 unspecified atom stereocenters. The molecule has 0 amide bonds. The molecule has 34 heavy (non-hydrogen) atoms. The van der Waals surface area contributed by atoms with Crippen LogP contribution in [0.5, 0.6) is 0 Å². The normalized spacial score (nSPS) is 19.9. The molecule has 0 aliphatic heterocycles. The van der Waals surface area contributed by atoms with Crippen molar-refractivity contribution in [2.75, 3.05) is 19.8 Å². The summed E-state index contributed by atoms with van der Waals surface area (Å²) >= 11 is 0. The maximum atomic E-state index is 11.8. The Bertz CT molecular complexity index is 761. The van der Waals surface area contributed by atoms with Crippen molar-refractivity contribution in [1.29, 1.82) is 0 Å². The van der Waals surface area contributed by atoms with Gasteiger partial charge in [-0.15, -0.1) is 0 Å². The van der Waals surface area contributed by atoms with Gasteiger partial charge < -0.3 is 19.7 Å². The fourth-order valence-corrected chi connectivity index (χ4v) is 4.82. The fourth-order valence-electron chi connectivity index (χ4n) is 4.82. The van der Waals surface area contributed by atoms with E-state index in [2.05, 4.69) is 44.3 Å². The van der Waals surface area contributed by atoms with Crippen LogP contribution in [0.1, 0.15) is 82.3 Å².